The zero-order valence-corrected chi connectivity index (χ0v) is 10.5. The van der Waals surface area contributed by atoms with E-state index in [1.807, 2.05) is 38.4 Å². The number of carbonyl (C=O) groups excluding carboxylic acids is 1. The molecule has 1 aromatic rings. The van der Waals surface area contributed by atoms with Gasteiger partial charge >= 0.3 is 5.97 Å². The number of nitrogens with zero attached hydrogens (tertiary/aromatic N) is 1. The average molecular weight is 237 g/mol. The Hall–Kier alpha value is -1.39. The maximum Gasteiger partial charge on any atom is 0.335 e. The number of hydrogen-bond acceptors (Lipinski definition) is 4. The number of rotatable bonds is 5. The van der Waals surface area contributed by atoms with Gasteiger partial charge in [-0.2, -0.15) is 0 Å². The fourth-order valence-electron chi connectivity index (χ4n) is 1.66. The highest BCUT2D eigenvalue weighted by molar-refractivity contribution is 5.74. The number of benzene rings is 1. The second-order valence-electron chi connectivity index (χ2n) is 4.30. The lowest BCUT2D eigenvalue weighted by Gasteiger charge is -2.12. The Morgan fingerprint density at radius 1 is 1.41 bits per heavy atom. The Morgan fingerprint density at radius 2 is 2.06 bits per heavy atom. The molecule has 0 aliphatic carbocycles. The molecule has 17 heavy (non-hydrogen) atoms. The molecule has 1 atom stereocenters. The van der Waals surface area contributed by atoms with E-state index in [1.165, 1.54) is 7.11 Å². The summed E-state index contributed by atoms with van der Waals surface area (Å²) < 4.78 is 4.48. The van der Waals surface area contributed by atoms with Crippen LogP contribution in [0.4, 0.5) is 0 Å². The van der Waals surface area contributed by atoms with E-state index in [0.29, 0.717) is 0 Å². The molecule has 0 saturated carbocycles. The van der Waals surface area contributed by atoms with Crippen molar-refractivity contribution < 1.29 is 14.6 Å². The average Bonchev–Trinajstić information content (AvgIpc) is 2.27. The van der Waals surface area contributed by atoms with E-state index in [1.54, 1.807) is 0 Å². The minimum absolute atomic E-state index is 0.286. The van der Waals surface area contributed by atoms with Crippen LogP contribution in [0.3, 0.4) is 0 Å². The van der Waals surface area contributed by atoms with Crippen molar-refractivity contribution >= 4 is 5.97 Å². The monoisotopic (exact) mass is 237 g/mol. The molecule has 0 fully saturated rings. The third-order valence-electron chi connectivity index (χ3n) is 2.39. The van der Waals surface area contributed by atoms with Crippen molar-refractivity contribution in [3.63, 3.8) is 0 Å². The molecular weight excluding hydrogens is 218 g/mol. The molecule has 0 aliphatic rings. The highest BCUT2D eigenvalue weighted by Gasteiger charge is 2.15. The summed E-state index contributed by atoms with van der Waals surface area (Å²) in [6.45, 7) is 0.835. The minimum atomic E-state index is -1.09. The highest BCUT2D eigenvalue weighted by atomic mass is 16.5. The maximum atomic E-state index is 11.1. The van der Waals surface area contributed by atoms with Crippen LogP contribution in [0, 0.1) is 0 Å². The summed E-state index contributed by atoms with van der Waals surface area (Å²) in [5, 5.41) is 9.56. The second kappa shape index (κ2) is 6.37. The van der Waals surface area contributed by atoms with Crippen LogP contribution < -0.4 is 0 Å². The number of aliphatic hydroxyl groups is 1. The second-order valence-corrected chi connectivity index (χ2v) is 4.30. The Balaban J connectivity index is 2.68. The van der Waals surface area contributed by atoms with E-state index >= 15 is 0 Å². The predicted molar refractivity (Wildman–Crippen MR) is 65.6 cm³/mol. The Morgan fingerprint density at radius 3 is 2.65 bits per heavy atom. The first kappa shape index (κ1) is 13.7. The third kappa shape index (κ3) is 4.54. The van der Waals surface area contributed by atoms with Crippen LogP contribution in [0.2, 0.25) is 0 Å². The minimum Gasteiger partial charge on any atom is -0.467 e. The quantitative estimate of drug-likeness (QED) is 0.770. The van der Waals surface area contributed by atoms with Crippen molar-refractivity contribution in [1.82, 2.24) is 4.90 Å². The summed E-state index contributed by atoms with van der Waals surface area (Å²) in [5.74, 6) is -0.594. The number of aliphatic hydroxyl groups excluding tert-OH is 1. The number of methoxy groups -OCH3 is 1. The van der Waals surface area contributed by atoms with Crippen molar-refractivity contribution in [2.24, 2.45) is 0 Å². The number of carbonyl (C=O) groups is 1. The van der Waals surface area contributed by atoms with Crippen LogP contribution in [-0.2, 0) is 22.5 Å². The van der Waals surface area contributed by atoms with Crippen LogP contribution in [-0.4, -0.2) is 43.3 Å². The molecule has 0 aromatic heterocycles. The molecular formula is C13H19NO3. The zero-order chi connectivity index (χ0) is 12.8. The predicted octanol–water partition coefficient (Wildman–Crippen LogP) is 0.825. The summed E-state index contributed by atoms with van der Waals surface area (Å²) in [6.07, 6.45) is -0.803. The van der Waals surface area contributed by atoms with Crippen LogP contribution in [0.1, 0.15) is 11.1 Å². The number of ether oxygens (including phenoxy) is 1. The van der Waals surface area contributed by atoms with Gasteiger partial charge in [0.2, 0.25) is 0 Å². The fourth-order valence-corrected chi connectivity index (χ4v) is 1.66. The van der Waals surface area contributed by atoms with Gasteiger partial charge in [-0.05, 0) is 25.2 Å². The Kier molecular flexibility index (Phi) is 5.12. The standard InChI is InChI=1S/C13H19NO3/c1-14(2)9-11-6-4-5-10(7-11)8-12(15)13(16)17-3/h4-7,12,15H,8-9H2,1-3H3. The first-order valence-electron chi connectivity index (χ1n) is 5.51. The Bertz CT molecular complexity index is 377. The smallest absolute Gasteiger partial charge is 0.335 e. The van der Waals surface area contributed by atoms with E-state index < -0.39 is 12.1 Å². The first-order chi connectivity index (χ1) is 8.02. The van der Waals surface area contributed by atoms with E-state index in [-0.39, 0.29) is 6.42 Å². The van der Waals surface area contributed by atoms with Crippen molar-refractivity contribution in [3.05, 3.63) is 35.4 Å². The molecule has 0 saturated heterocycles. The van der Waals surface area contributed by atoms with Gasteiger partial charge in [-0.1, -0.05) is 24.3 Å². The molecule has 0 heterocycles. The number of hydrogen-bond donors (Lipinski definition) is 1. The van der Waals surface area contributed by atoms with Crippen molar-refractivity contribution in [1.29, 1.82) is 0 Å². The van der Waals surface area contributed by atoms with Gasteiger partial charge in [-0.3, -0.25) is 0 Å². The van der Waals surface area contributed by atoms with E-state index in [2.05, 4.69) is 9.64 Å². The van der Waals surface area contributed by atoms with E-state index in [0.717, 1.165) is 17.7 Å². The summed E-state index contributed by atoms with van der Waals surface area (Å²) >= 11 is 0. The topological polar surface area (TPSA) is 49.8 Å². The molecule has 1 N–H and O–H groups in total. The van der Waals surface area contributed by atoms with Gasteiger partial charge in [0.05, 0.1) is 7.11 Å². The summed E-state index contributed by atoms with van der Waals surface area (Å²) in [7, 11) is 5.26. The molecule has 1 rings (SSSR count). The maximum absolute atomic E-state index is 11.1. The van der Waals surface area contributed by atoms with Crippen LogP contribution in [0.5, 0.6) is 0 Å². The van der Waals surface area contributed by atoms with Crippen molar-refractivity contribution in [2.75, 3.05) is 21.2 Å². The highest BCUT2D eigenvalue weighted by Crippen LogP contribution is 2.09. The molecule has 4 heteroatoms. The SMILES string of the molecule is COC(=O)C(O)Cc1cccc(CN(C)C)c1. The lowest BCUT2D eigenvalue weighted by molar-refractivity contribution is -0.150. The van der Waals surface area contributed by atoms with E-state index in [9.17, 15) is 9.90 Å². The lowest BCUT2D eigenvalue weighted by Crippen LogP contribution is -2.24. The largest absolute Gasteiger partial charge is 0.467 e. The van der Waals surface area contributed by atoms with Crippen LogP contribution in [0.25, 0.3) is 0 Å². The summed E-state index contributed by atoms with van der Waals surface area (Å²) in [4.78, 5) is 13.2. The van der Waals surface area contributed by atoms with Gasteiger partial charge in [0.15, 0.2) is 6.10 Å². The Labute approximate surface area is 102 Å². The van der Waals surface area contributed by atoms with Gasteiger partial charge in [-0.15, -0.1) is 0 Å². The first-order valence-corrected chi connectivity index (χ1v) is 5.51. The number of esters is 1. The molecule has 0 bridgehead atoms. The normalized spacial score (nSPS) is 12.5. The lowest BCUT2D eigenvalue weighted by atomic mass is 10.0. The van der Waals surface area contributed by atoms with E-state index in [4.69, 9.17) is 0 Å². The van der Waals surface area contributed by atoms with Crippen LogP contribution in [0.15, 0.2) is 24.3 Å². The molecule has 4 nitrogen and oxygen atoms in total. The van der Waals surface area contributed by atoms with Gasteiger partial charge in [0.1, 0.15) is 0 Å². The molecule has 1 unspecified atom stereocenters. The van der Waals surface area contributed by atoms with Gasteiger partial charge < -0.3 is 14.7 Å². The molecule has 0 amide bonds. The van der Waals surface area contributed by atoms with Crippen LogP contribution >= 0.6 is 0 Å². The molecule has 0 radical (unpaired) electrons. The summed E-state index contributed by atoms with van der Waals surface area (Å²) in [5.41, 5.74) is 2.09. The molecule has 0 spiro atoms. The van der Waals surface area contributed by atoms with Gasteiger partial charge in [-0.25, -0.2) is 4.79 Å². The van der Waals surface area contributed by atoms with Crippen molar-refractivity contribution in [3.8, 4) is 0 Å². The molecule has 0 aliphatic heterocycles. The molecule has 94 valence electrons. The van der Waals surface area contributed by atoms with Gasteiger partial charge in [0, 0.05) is 13.0 Å². The third-order valence-corrected chi connectivity index (χ3v) is 2.39. The summed E-state index contributed by atoms with van der Waals surface area (Å²) in [6, 6.07) is 7.84. The van der Waals surface area contributed by atoms with Gasteiger partial charge in [0.25, 0.3) is 0 Å². The molecule has 1 aromatic carbocycles. The fraction of sp³-hybridized carbons (Fsp3) is 0.462. The zero-order valence-electron chi connectivity index (χ0n) is 10.5. The van der Waals surface area contributed by atoms with Crippen molar-refractivity contribution in [2.45, 2.75) is 19.1 Å².